The predicted molar refractivity (Wildman–Crippen MR) is 131 cm³/mol. The molecule has 0 aliphatic carbocycles. The minimum Gasteiger partial charge on any atom is -0.508 e. The molecule has 0 spiro atoms. The lowest BCUT2D eigenvalue weighted by Crippen LogP contribution is -2.44. The van der Waals surface area contributed by atoms with E-state index >= 15 is 0 Å². The van der Waals surface area contributed by atoms with Gasteiger partial charge in [0.15, 0.2) is 0 Å². The Kier molecular flexibility index (Phi) is 6.12. The monoisotopic (exact) mass is 478 g/mol. The third-order valence-electron chi connectivity index (χ3n) is 6.71. The second-order valence-electron chi connectivity index (χ2n) is 9.27. The van der Waals surface area contributed by atoms with Crippen LogP contribution in [0.25, 0.3) is 10.9 Å². The first kappa shape index (κ1) is 23.2. The quantitative estimate of drug-likeness (QED) is 0.382. The molecule has 5 rings (SSSR count). The summed E-state index contributed by atoms with van der Waals surface area (Å²) in [6, 6.07) is 11.3. The van der Waals surface area contributed by atoms with Gasteiger partial charge in [0.1, 0.15) is 30.2 Å². The van der Waals surface area contributed by atoms with Crippen LogP contribution < -0.4 is 4.74 Å². The van der Waals surface area contributed by atoms with Crippen molar-refractivity contribution in [3.8, 4) is 11.5 Å². The number of amides is 3. The number of aromatic nitrogens is 1. The fourth-order valence-corrected chi connectivity index (χ4v) is 5.04. The zero-order valence-electron chi connectivity index (χ0n) is 20.2. The predicted octanol–water partition coefficient (Wildman–Crippen LogP) is 2.74. The molecule has 3 aromatic rings. The molecular weight excluding hydrogens is 448 g/mol. The third kappa shape index (κ3) is 4.11. The van der Waals surface area contributed by atoms with E-state index in [1.54, 1.807) is 30.2 Å². The zero-order chi connectivity index (χ0) is 24.7. The smallest absolute Gasteiger partial charge is 0.328 e. The second-order valence-corrected chi connectivity index (χ2v) is 9.27. The second kappa shape index (κ2) is 9.24. The van der Waals surface area contributed by atoms with Crippen molar-refractivity contribution in [2.45, 2.75) is 18.5 Å². The normalized spacial score (nSPS) is 19.5. The molecule has 2 aliphatic heterocycles. The molecule has 9 nitrogen and oxygen atoms in total. The summed E-state index contributed by atoms with van der Waals surface area (Å²) in [5.74, 6) is 0.641. The highest BCUT2D eigenvalue weighted by molar-refractivity contribution is 6.05. The molecule has 3 amide bonds. The van der Waals surface area contributed by atoms with Crippen molar-refractivity contribution in [2.75, 3.05) is 47.5 Å². The fourth-order valence-electron chi connectivity index (χ4n) is 5.04. The minimum atomic E-state index is -0.610. The lowest BCUT2D eigenvalue weighted by atomic mass is 9.89. The molecule has 2 unspecified atom stereocenters. The highest BCUT2D eigenvalue weighted by Crippen LogP contribution is 2.44. The van der Waals surface area contributed by atoms with E-state index in [9.17, 15) is 14.7 Å². The van der Waals surface area contributed by atoms with Crippen molar-refractivity contribution in [3.63, 3.8) is 0 Å². The highest BCUT2D eigenvalue weighted by Gasteiger charge is 2.52. The van der Waals surface area contributed by atoms with Crippen LogP contribution in [0.2, 0.25) is 0 Å². The molecule has 0 saturated carbocycles. The number of hydrogen-bond donors (Lipinski definition) is 2. The van der Waals surface area contributed by atoms with Crippen molar-refractivity contribution >= 4 is 22.8 Å². The molecule has 184 valence electrons. The molecule has 9 heteroatoms. The SMILES string of the molecule is COCCOc1ccc2[nH]c3c(c2c1)CC1C(=O)N(CCN(C)C)C(=O)N1C3c1cccc(O)c1. The number of nitrogens with one attached hydrogen (secondary N) is 1. The first-order valence-electron chi connectivity index (χ1n) is 11.7. The summed E-state index contributed by atoms with van der Waals surface area (Å²) >= 11 is 0. The van der Waals surface area contributed by atoms with Crippen molar-refractivity contribution < 1.29 is 24.2 Å². The van der Waals surface area contributed by atoms with Crippen LogP contribution in [0.3, 0.4) is 0 Å². The Morgan fingerprint density at radius 3 is 2.71 bits per heavy atom. The number of aromatic hydroxyl groups is 1. The molecule has 2 atom stereocenters. The van der Waals surface area contributed by atoms with Crippen molar-refractivity contribution in [3.05, 3.63) is 59.3 Å². The van der Waals surface area contributed by atoms with Gasteiger partial charge >= 0.3 is 6.03 Å². The number of imide groups is 1. The molecule has 1 aromatic heterocycles. The number of carbonyl (C=O) groups excluding carboxylic acids is 2. The summed E-state index contributed by atoms with van der Waals surface area (Å²) in [6.45, 7) is 1.84. The standard InChI is InChI=1S/C26H30N4O5/c1-28(2)9-10-29-25(32)22-15-20-19-14-18(35-12-11-34-3)7-8-21(19)27-23(20)24(30(22)26(29)33)16-5-4-6-17(31)13-16/h4-8,13-14,22,24,27,31H,9-12,15H2,1-3H3. The van der Waals surface area contributed by atoms with E-state index in [1.165, 1.54) is 4.90 Å². The lowest BCUT2D eigenvalue weighted by Gasteiger charge is -2.36. The van der Waals surface area contributed by atoms with Gasteiger partial charge < -0.3 is 24.5 Å². The van der Waals surface area contributed by atoms with Crippen LogP contribution in [0.1, 0.15) is 22.9 Å². The van der Waals surface area contributed by atoms with Gasteiger partial charge in [-0.2, -0.15) is 0 Å². The van der Waals surface area contributed by atoms with Crippen molar-refractivity contribution in [1.82, 2.24) is 19.7 Å². The van der Waals surface area contributed by atoms with Gasteiger partial charge in [0.25, 0.3) is 5.91 Å². The zero-order valence-corrected chi connectivity index (χ0v) is 20.2. The number of urea groups is 1. The topological polar surface area (TPSA) is 98.3 Å². The summed E-state index contributed by atoms with van der Waals surface area (Å²) in [6.07, 6.45) is 0.412. The Bertz CT molecular complexity index is 1270. The molecule has 2 aromatic carbocycles. The van der Waals surface area contributed by atoms with E-state index in [0.717, 1.165) is 27.7 Å². The first-order chi connectivity index (χ1) is 16.9. The maximum Gasteiger partial charge on any atom is 0.328 e. The van der Waals surface area contributed by atoms with Crippen LogP contribution in [-0.4, -0.2) is 90.3 Å². The molecule has 2 N–H and O–H groups in total. The van der Waals surface area contributed by atoms with E-state index in [4.69, 9.17) is 9.47 Å². The van der Waals surface area contributed by atoms with Crippen LogP contribution in [0.4, 0.5) is 4.79 Å². The average molecular weight is 479 g/mol. The number of rotatable bonds is 8. The number of nitrogens with zero attached hydrogens (tertiary/aromatic N) is 3. The summed E-state index contributed by atoms with van der Waals surface area (Å²) in [5.41, 5.74) is 3.49. The number of phenolic OH excluding ortho intramolecular Hbond substituents is 1. The summed E-state index contributed by atoms with van der Waals surface area (Å²) in [4.78, 5) is 35.5. The number of likely N-dealkylation sites (N-methyl/N-ethyl adjacent to an activating group) is 1. The molecule has 1 fully saturated rings. The van der Waals surface area contributed by atoms with Gasteiger partial charge in [-0.1, -0.05) is 12.1 Å². The van der Waals surface area contributed by atoms with E-state index in [-0.39, 0.29) is 17.7 Å². The number of ether oxygens (including phenoxy) is 2. The van der Waals surface area contributed by atoms with Gasteiger partial charge in [-0.05, 0) is 55.6 Å². The summed E-state index contributed by atoms with van der Waals surface area (Å²) in [5, 5.41) is 11.2. The Balaban J connectivity index is 1.60. The van der Waals surface area contributed by atoms with Gasteiger partial charge in [-0.3, -0.25) is 14.6 Å². The van der Waals surface area contributed by atoms with Gasteiger partial charge in [-0.25, -0.2) is 4.79 Å². The molecule has 2 aliphatic rings. The highest BCUT2D eigenvalue weighted by atomic mass is 16.5. The van der Waals surface area contributed by atoms with Crippen molar-refractivity contribution in [1.29, 1.82) is 0 Å². The van der Waals surface area contributed by atoms with Crippen LogP contribution in [0.15, 0.2) is 42.5 Å². The largest absolute Gasteiger partial charge is 0.508 e. The number of methoxy groups -OCH3 is 1. The van der Waals surface area contributed by atoms with Crippen LogP contribution in [0, 0.1) is 0 Å². The maximum atomic E-state index is 13.6. The number of benzene rings is 2. The molecule has 35 heavy (non-hydrogen) atoms. The fraction of sp³-hybridized carbons (Fsp3) is 0.385. The molecule has 0 bridgehead atoms. The molecule has 3 heterocycles. The number of phenols is 1. The van der Waals surface area contributed by atoms with E-state index < -0.39 is 12.1 Å². The van der Waals surface area contributed by atoms with Gasteiger partial charge in [0.2, 0.25) is 0 Å². The summed E-state index contributed by atoms with van der Waals surface area (Å²) < 4.78 is 10.9. The van der Waals surface area contributed by atoms with Crippen LogP contribution in [0.5, 0.6) is 11.5 Å². The number of aromatic amines is 1. The van der Waals surface area contributed by atoms with E-state index in [0.29, 0.717) is 38.5 Å². The molecular formula is C26H30N4O5. The molecule has 1 saturated heterocycles. The summed E-state index contributed by atoms with van der Waals surface area (Å²) in [7, 11) is 5.46. The number of hydrogen-bond acceptors (Lipinski definition) is 6. The Morgan fingerprint density at radius 2 is 1.97 bits per heavy atom. The third-order valence-corrected chi connectivity index (χ3v) is 6.71. The number of fused-ring (bicyclic) bond motifs is 4. The van der Waals surface area contributed by atoms with E-state index in [2.05, 4.69) is 4.98 Å². The van der Waals surface area contributed by atoms with Gasteiger partial charge in [0, 0.05) is 43.2 Å². The Morgan fingerprint density at radius 1 is 1.14 bits per heavy atom. The lowest BCUT2D eigenvalue weighted by molar-refractivity contribution is -0.128. The Hall–Kier alpha value is -3.56. The first-order valence-corrected chi connectivity index (χ1v) is 11.7. The average Bonchev–Trinajstić information content (AvgIpc) is 3.31. The molecule has 0 radical (unpaired) electrons. The number of H-pyrrole nitrogens is 1. The maximum absolute atomic E-state index is 13.6. The van der Waals surface area contributed by atoms with Gasteiger partial charge in [0.05, 0.1) is 6.61 Å². The minimum absolute atomic E-state index is 0.110. The van der Waals surface area contributed by atoms with Crippen molar-refractivity contribution in [2.24, 2.45) is 0 Å². The van der Waals surface area contributed by atoms with Crippen LogP contribution in [-0.2, 0) is 16.0 Å². The van der Waals surface area contributed by atoms with E-state index in [1.807, 2.05) is 43.3 Å². The number of carbonyl (C=O) groups is 2. The van der Waals surface area contributed by atoms with Gasteiger partial charge in [-0.15, -0.1) is 0 Å². The Labute approximate surface area is 203 Å². The van der Waals surface area contributed by atoms with Crippen LogP contribution >= 0.6 is 0 Å².